The fourth-order valence-corrected chi connectivity index (χ4v) is 2.92. The molecule has 0 spiro atoms. The molecule has 0 saturated carbocycles. The van der Waals surface area contributed by atoms with Crippen LogP contribution in [0.25, 0.3) is 11.2 Å². The van der Waals surface area contributed by atoms with Gasteiger partial charge in [0.15, 0.2) is 5.65 Å². The second-order valence-electron chi connectivity index (χ2n) is 6.10. The van der Waals surface area contributed by atoms with E-state index in [1.54, 1.807) is 0 Å². The highest BCUT2D eigenvalue weighted by Crippen LogP contribution is 2.23. The fraction of sp³-hybridized carbons (Fsp3) is 0.588. The number of aryl methyl sites for hydroxylation is 2. The number of imidazole rings is 1. The third kappa shape index (κ3) is 3.08. The number of carbonyl (C=O) groups excluding carboxylic acids is 1. The Kier molecular flexibility index (Phi) is 4.61. The van der Waals surface area contributed by atoms with Crippen LogP contribution >= 0.6 is 0 Å². The van der Waals surface area contributed by atoms with Crippen LogP contribution in [0.2, 0.25) is 0 Å². The number of fused-ring (bicyclic) bond motifs is 3. The lowest BCUT2D eigenvalue weighted by Crippen LogP contribution is -2.38. The summed E-state index contributed by atoms with van der Waals surface area (Å²) in [6.07, 6.45) is 3.32. The van der Waals surface area contributed by atoms with Crippen molar-refractivity contribution in [2.24, 2.45) is 0 Å². The van der Waals surface area contributed by atoms with E-state index >= 15 is 0 Å². The summed E-state index contributed by atoms with van der Waals surface area (Å²) in [7, 11) is 0. The maximum absolute atomic E-state index is 12.3. The highest BCUT2D eigenvalue weighted by Gasteiger charge is 2.24. The molecule has 1 amide bonds. The van der Waals surface area contributed by atoms with Gasteiger partial charge in [-0.2, -0.15) is 0 Å². The van der Waals surface area contributed by atoms with Gasteiger partial charge in [-0.05, 0) is 31.4 Å². The highest BCUT2D eigenvalue weighted by molar-refractivity contribution is 5.78. The third-order valence-electron chi connectivity index (χ3n) is 4.43. The molecule has 6 heteroatoms. The van der Waals surface area contributed by atoms with Crippen molar-refractivity contribution in [1.29, 1.82) is 0 Å². The molecule has 2 aromatic heterocycles. The monoisotopic (exact) mass is 316 g/mol. The molecule has 1 aliphatic rings. The summed E-state index contributed by atoms with van der Waals surface area (Å²) in [6, 6.07) is 0. The van der Waals surface area contributed by atoms with Crippen LogP contribution in [0.5, 0.6) is 0 Å². The first-order chi connectivity index (χ1) is 11.1. The van der Waals surface area contributed by atoms with E-state index in [0.29, 0.717) is 32.7 Å². The average Bonchev–Trinajstić information content (AvgIpc) is 2.93. The van der Waals surface area contributed by atoms with Gasteiger partial charge in [-0.15, -0.1) is 0 Å². The average molecular weight is 316 g/mol. The quantitative estimate of drug-likeness (QED) is 0.794. The van der Waals surface area contributed by atoms with Gasteiger partial charge in [0.1, 0.15) is 11.3 Å². The van der Waals surface area contributed by atoms with Gasteiger partial charge in [-0.25, -0.2) is 9.97 Å². The normalized spacial score (nSPS) is 14.3. The number of carbonyl (C=O) groups is 1. The molecule has 0 saturated heterocycles. The lowest BCUT2D eigenvalue weighted by atomic mass is 10.2. The molecule has 0 aromatic carbocycles. The van der Waals surface area contributed by atoms with Gasteiger partial charge in [-0.3, -0.25) is 4.79 Å². The zero-order valence-electron chi connectivity index (χ0n) is 14.1. The molecule has 2 aromatic rings. The summed E-state index contributed by atoms with van der Waals surface area (Å²) >= 11 is 0. The van der Waals surface area contributed by atoms with E-state index < -0.39 is 0 Å². The van der Waals surface area contributed by atoms with E-state index in [1.807, 2.05) is 18.0 Å². The maximum atomic E-state index is 12.3. The molecule has 1 aliphatic heterocycles. The van der Waals surface area contributed by atoms with E-state index in [4.69, 9.17) is 9.72 Å². The van der Waals surface area contributed by atoms with Gasteiger partial charge in [0, 0.05) is 25.9 Å². The lowest BCUT2D eigenvalue weighted by molar-refractivity contribution is -0.133. The summed E-state index contributed by atoms with van der Waals surface area (Å²) in [5.41, 5.74) is 4.21. The van der Waals surface area contributed by atoms with Crippen LogP contribution in [0.3, 0.4) is 0 Å². The second kappa shape index (κ2) is 6.66. The molecule has 3 rings (SSSR count). The Bertz CT molecular complexity index is 723. The van der Waals surface area contributed by atoms with Crippen LogP contribution in [0.15, 0.2) is 6.20 Å². The number of rotatable bonds is 5. The fourth-order valence-electron chi connectivity index (χ4n) is 2.92. The Morgan fingerprint density at radius 2 is 2.13 bits per heavy atom. The van der Waals surface area contributed by atoms with E-state index in [9.17, 15) is 4.79 Å². The van der Waals surface area contributed by atoms with Crippen molar-refractivity contribution in [3.05, 3.63) is 23.1 Å². The standard InChI is InChI=1S/C17H24N4O2/c1-4-8-23-9-5-15(22)20-6-7-21-14(11-20)19-16-13(3)12(2)10-18-17(16)21/h10H,4-9,11H2,1-3H3. The molecule has 0 atom stereocenters. The Hall–Kier alpha value is -1.95. The second-order valence-corrected chi connectivity index (χ2v) is 6.10. The number of aromatic nitrogens is 3. The number of hydrogen-bond acceptors (Lipinski definition) is 4. The maximum Gasteiger partial charge on any atom is 0.225 e. The predicted molar refractivity (Wildman–Crippen MR) is 88.1 cm³/mol. The number of amides is 1. The minimum absolute atomic E-state index is 0.139. The Morgan fingerprint density at radius 1 is 1.30 bits per heavy atom. The first-order valence-electron chi connectivity index (χ1n) is 8.28. The molecular weight excluding hydrogens is 292 g/mol. The Balaban J connectivity index is 1.73. The summed E-state index contributed by atoms with van der Waals surface area (Å²) in [6.45, 7) is 9.42. The van der Waals surface area contributed by atoms with E-state index in [-0.39, 0.29) is 5.91 Å². The van der Waals surface area contributed by atoms with Gasteiger partial charge < -0.3 is 14.2 Å². The van der Waals surface area contributed by atoms with Gasteiger partial charge in [0.2, 0.25) is 5.91 Å². The summed E-state index contributed by atoms with van der Waals surface area (Å²) < 4.78 is 7.55. The zero-order valence-corrected chi connectivity index (χ0v) is 14.1. The molecule has 0 radical (unpaired) electrons. The van der Waals surface area contributed by atoms with Crippen LogP contribution in [-0.2, 0) is 22.6 Å². The van der Waals surface area contributed by atoms with Crippen LogP contribution in [-0.4, -0.2) is 45.1 Å². The van der Waals surface area contributed by atoms with Gasteiger partial charge in [0.05, 0.1) is 19.6 Å². The smallest absolute Gasteiger partial charge is 0.225 e. The molecule has 3 heterocycles. The molecule has 0 fully saturated rings. The Morgan fingerprint density at radius 3 is 2.91 bits per heavy atom. The number of ether oxygens (including phenoxy) is 1. The third-order valence-corrected chi connectivity index (χ3v) is 4.43. The van der Waals surface area contributed by atoms with Gasteiger partial charge >= 0.3 is 0 Å². The van der Waals surface area contributed by atoms with Gasteiger partial charge in [-0.1, -0.05) is 6.92 Å². The van der Waals surface area contributed by atoms with Crippen LogP contribution < -0.4 is 0 Å². The number of pyridine rings is 1. The summed E-state index contributed by atoms with van der Waals surface area (Å²) in [5, 5.41) is 0. The molecule has 0 aliphatic carbocycles. The van der Waals surface area contributed by atoms with Crippen LogP contribution in [0, 0.1) is 13.8 Å². The highest BCUT2D eigenvalue weighted by atomic mass is 16.5. The molecule has 0 N–H and O–H groups in total. The van der Waals surface area contributed by atoms with E-state index in [2.05, 4.69) is 23.4 Å². The van der Waals surface area contributed by atoms with E-state index in [1.165, 1.54) is 5.56 Å². The first kappa shape index (κ1) is 15.9. The van der Waals surface area contributed by atoms with Crippen LogP contribution in [0.4, 0.5) is 0 Å². The Labute approximate surface area is 136 Å². The lowest BCUT2D eigenvalue weighted by Gasteiger charge is -2.27. The van der Waals surface area contributed by atoms with Crippen LogP contribution in [0.1, 0.15) is 36.7 Å². The molecule has 6 nitrogen and oxygen atoms in total. The van der Waals surface area contributed by atoms with Crippen molar-refractivity contribution in [2.45, 2.75) is 46.7 Å². The van der Waals surface area contributed by atoms with Crippen molar-refractivity contribution < 1.29 is 9.53 Å². The molecule has 23 heavy (non-hydrogen) atoms. The predicted octanol–water partition coefficient (Wildman–Crippen LogP) is 2.21. The molecule has 0 bridgehead atoms. The summed E-state index contributed by atoms with van der Waals surface area (Å²) in [5.74, 6) is 1.07. The molecule has 124 valence electrons. The van der Waals surface area contributed by atoms with Crippen molar-refractivity contribution in [1.82, 2.24) is 19.4 Å². The SMILES string of the molecule is CCCOCCC(=O)N1CCn2c(nc3c(C)c(C)cnc32)C1. The van der Waals surface area contributed by atoms with Gasteiger partial charge in [0.25, 0.3) is 0 Å². The molecule has 0 unspecified atom stereocenters. The minimum atomic E-state index is 0.139. The molecular formula is C17H24N4O2. The number of hydrogen-bond donors (Lipinski definition) is 0. The van der Waals surface area contributed by atoms with Crippen molar-refractivity contribution >= 4 is 17.1 Å². The minimum Gasteiger partial charge on any atom is -0.381 e. The van der Waals surface area contributed by atoms with Crippen molar-refractivity contribution in [2.75, 3.05) is 19.8 Å². The number of nitrogens with zero attached hydrogens (tertiary/aromatic N) is 4. The zero-order chi connectivity index (χ0) is 16.4. The van der Waals surface area contributed by atoms with Crippen molar-refractivity contribution in [3.63, 3.8) is 0 Å². The van der Waals surface area contributed by atoms with Crippen molar-refractivity contribution in [3.8, 4) is 0 Å². The summed E-state index contributed by atoms with van der Waals surface area (Å²) in [4.78, 5) is 23.4. The first-order valence-corrected chi connectivity index (χ1v) is 8.28. The largest absolute Gasteiger partial charge is 0.381 e. The topological polar surface area (TPSA) is 60.2 Å². The van der Waals surface area contributed by atoms with E-state index in [0.717, 1.165) is 35.5 Å².